The summed E-state index contributed by atoms with van der Waals surface area (Å²) in [4.78, 5) is 2.37. The van der Waals surface area contributed by atoms with Gasteiger partial charge in [0.1, 0.15) is 0 Å². The second kappa shape index (κ2) is 16.7. The Morgan fingerprint density at radius 2 is 0.951 bits per heavy atom. The van der Waals surface area contributed by atoms with E-state index in [9.17, 15) is 0 Å². The van der Waals surface area contributed by atoms with Crippen LogP contribution in [0.15, 0.2) is 224 Å². The van der Waals surface area contributed by atoms with E-state index in [2.05, 4.69) is 247 Å². The average Bonchev–Trinajstić information content (AvgIpc) is 3.66. The van der Waals surface area contributed by atoms with Gasteiger partial charge in [-0.1, -0.05) is 176 Å². The lowest BCUT2D eigenvalue weighted by Crippen LogP contribution is -2.10. The van der Waals surface area contributed by atoms with Crippen LogP contribution in [0.5, 0.6) is 0 Å². The van der Waals surface area contributed by atoms with Gasteiger partial charge in [0.25, 0.3) is 0 Å². The molecule has 0 saturated carbocycles. The standard InChI is InChI=1S/C58H44N2S/c1-2-13-55-57(40-61)60(53-37-32-43-18-9-10-19-48(43)38-53)56-23-12-22-54(58(55)56)49-20-11-21-52(39-49)59(50-33-28-46(29-34-50)42-16-7-4-8-17-42)51-35-30-47(31-36-51)45-26-24-44(25-27-45)41-14-5-3-6-15-41/h2-39,61H,40H2,1H3/b13-2-. The van der Waals surface area contributed by atoms with Gasteiger partial charge in [-0.3, -0.25) is 0 Å². The lowest BCUT2D eigenvalue weighted by atomic mass is 9.97. The maximum absolute atomic E-state index is 4.94. The highest BCUT2D eigenvalue weighted by Crippen LogP contribution is 2.42. The van der Waals surface area contributed by atoms with Gasteiger partial charge in [0, 0.05) is 45.1 Å². The molecule has 0 spiro atoms. The molecule has 0 radical (unpaired) electrons. The molecule has 9 aromatic carbocycles. The molecular weight excluding hydrogens is 757 g/mol. The second-order valence-electron chi connectivity index (χ2n) is 15.4. The molecule has 292 valence electrons. The number of benzene rings is 9. The minimum Gasteiger partial charge on any atom is -0.312 e. The van der Waals surface area contributed by atoms with Crippen molar-refractivity contribution in [2.24, 2.45) is 0 Å². The molecule has 0 amide bonds. The number of thiol groups is 1. The normalized spacial score (nSPS) is 11.4. The fraction of sp³-hybridized carbons (Fsp3) is 0.0345. The Morgan fingerprint density at radius 1 is 0.443 bits per heavy atom. The molecule has 0 aliphatic carbocycles. The zero-order chi connectivity index (χ0) is 41.1. The molecule has 10 aromatic rings. The average molecular weight is 801 g/mol. The Bertz CT molecular complexity index is 3140. The van der Waals surface area contributed by atoms with E-state index < -0.39 is 0 Å². The summed E-state index contributed by atoms with van der Waals surface area (Å²) in [5.74, 6) is 0.598. The highest BCUT2D eigenvalue weighted by molar-refractivity contribution is 7.79. The Labute approximate surface area is 363 Å². The molecule has 0 aliphatic heterocycles. The number of allylic oxidation sites excluding steroid dienone is 1. The third-order valence-electron chi connectivity index (χ3n) is 11.7. The summed E-state index contributed by atoms with van der Waals surface area (Å²) in [6.45, 7) is 2.09. The van der Waals surface area contributed by atoms with E-state index in [0.717, 1.165) is 33.8 Å². The predicted octanol–water partition coefficient (Wildman–Crippen LogP) is 16.4. The minimum absolute atomic E-state index is 0.598. The Balaban J connectivity index is 1.08. The van der Waals surface area contributed by atoms with Crippen LogP contribution in [0.4, 0.5) is 17.1 Å². The second-order valence-corrected chi connectivity index (χ2v) is 15.7. The van der Waals surface area contributed by atoms with Crippen LogP contribution < -0.4 is 4.90 Å². The Kier molecular flexibility index (Phi) is 10.4. The quantitative estimate of drug-likeness (QED) is 0.135. The van der Waals surface area contributed by atoms with Gasteiger partial charge in [-0.15, -0.1) is 0 Å². The monoisotopic (exact) mass is 800 g/mol. The smallest absolute Gasteiger partial charge is 0.0544 e. The van der Waals surface area contributed by atoms with E-state index in [1.807, 2.05) is 0 Å². The summed E-state index contributed by atoms with van der Waals surface area (Å²) in [7, 11) is 0. The van der Waals surface area contributed by atoms with Crippen molar-refractivity contribution < 1.29 is 0 Å². The van der Waals surface area contributed by atoms with Crippen molar-refractivity contribution in [3.05, 3.63) is 236 Å². The van der Waals surface area contributed by atoms with E-state index >= 15 is 0 Å². The van der Waals surface area contributed by atoms with E-state index in [1.165, 1.54) is 66.4 Å². The maximum atomic E-state index is 4.94. The largest absolute Gasteiger partial charge is 0.312 e. The van der Waals surface area contributed by atoms with Crippen LogP contribution in [0.1, 0.15) is 18.2 Å². The van der Waals surface area contributed by atoms with E-state index in [-0.39, 0.29) is 0 Å². The number of hydrogen-bond donors (Lipinski definition) is 1. The number of hydrogen-bond acceptors (Lipinski definition) is 2. The lowest BCUT2D eigenvalue weighted by Gasteiger charge is -2.26. The molecule has 3 heteroatoms. The highest BCUT2D eigenvalue weighted by atomic mass is 32.1. The molecule has 0 unspecified atom stereocenters. The zero-order valence-electron chi connectivity index (χ0n) is 34.0. The van der Waals surface area contributed by atoms with Gasteiger partial charge in [-0.25, -0.2) is 0 Å². The first-order chi connectivity index (χ1) is 30.2. The fourth-order valence-electron chi connectivity index (χ4n) is 8.76. The van der Waals surface area contributed by atoms with Crippen molar-refractivity contribution >= 4 is 57.4 Å². The summed E-state index contributed by atoms with van der Waals surface area (Å²) in [6.07, 6.45) is 4.39. The summed E-state index contributed by atoms with van der Waals surface area (Å²) in [6, 6.07) is 78.8. The van der Waals surface area contributed by atoms with Gasteiger partial charge < -0.3 is 9.47 Å². The summed E-state index contributed by atoms with van der Waals surface area (Å²) in [5, 5.41) is 3.67. The maximum Gasteiger partial charge on any atom is 0.0544 e. The van der Waals surface area contributed by atoms with Crippen LogP contribution in [0.25, 0.3) is 77.9 Å². The first kappa shape index (κ1) is 37.9. The molecule has 0 bridgehead atoms. The number of aromatic nitrogens is 1. The Morgan fingerprint density at radius 3 is 1.52 bits per heavy atom. The highest BCUT2D eigenvalue weighted by Gasteiger charge is 2.21. The van der Waals surface area contributed by atoms with Gasteiger partial charge in [-0.2, -0.15) is 12.6 Å². The van der Waals surface area contributed by atoms with Crippen LogP contribution >= 0.6 is 12.6 Å². The third kappa shape index (κ3) is 7.35. The first-order valence-corrected chi connectivity index (χ1v) is 21.5. The molecule has 10 rings (SSSR count). The van der Waals surface area contributed by atoms with Gasteiger partial charge in [0.05, 0.1) is 5.52 Å². The van der Waals surface area contributed by atoms with Crippen LogP contribution in [0.3, 0.4) is 0 Å². The van der Waals surface area contributed by atoms with E-state index in [4.69, 9.17) is 12.6 Å². The van der Waals surface area contributed by atoms with Crippen molar-refractivity contribution in [3.8, 4) is 50.2 Å². The topological polar surface area (TPSA) is 8.17 Å². The van der Waals surface area contributed by atoms with Crippen molar-refractivity contribution in [2.45, 2.75) is 12.7 Å². The van der Waals surface area contributed by atoms with Crippen LogP contribution in [0, 0.1) is 0 Å². The van der Waals surface area contributed by atoms with Gasteiger partial charge >= 0.3 is 0 Å². The first-order valence-electron chi connectivity index (χ1n) is 20.9. The molecule has 0 saturated heterocycles. The van der Waals surface area contributed by atoms with Crippen LogP contribution in [0.2, 0.25) is 0 Å². The van der Waals surface area contributed by atoms with Crippen molar-refractivity contribution in [2.75, 3.05) is 4.90 Å². The molecule has 1 aromatic heterocycles. The molecular formula is C58H44N2S. The zero-order valence-corrected chi connectivity index (χ0v) is 34.9. The van der Waals surface area contributed by atoms with Gasteiger partial charge in [-0.05, 0) is 117 Å². The van der Waals surface area contributed by atoms with Crippen LogP contribution in [-0.4, -0.2) is 4.57 Å². The van der Waals surface area contributed by atoms with Crippen molar-refractivity contribution in [1.82, 2.24) is 4.57 Å². The summed E-state index contributed by atoms with van der Waals surface area (Å²) >= 11 is 4.94. The molecule has 1 heterocycles. The number of fused-ring (bicyclic) bond motifs is 2. The molecule has 61 heavy (non-hydrogen) atoms. The SMILES string of the molecule is C/C=C\c1c(CS)n(-c2ccc3ccccc3c2)c2cccc(-c3cccc(N(c4ccc(-c5ccccc5)cc4)c4ccc(-c5ccc(-c6ccccc6)cc5)cc4)c3)c12. The number of rotatable bonds is 10. The van der Waals surface area contributed by atoms with Crippen molar-refractivity contribution in [1.29, 1.82) is 0 Å². The summed E-state index contributed by atoms with van der Waals surface area (Å²) < 4.78 is 2.40. The Hall–Kier alpha value is -7.33. The minimum atomic E-state index is 0.598. The van der Waals surface area contributed by atoms with Crippen LogP contribution in [-0.2, 0) is 5.75 Å². The molecule has 0 atom stereocenters. The fourth-order valence-corrected chi connectivity index (χ4v) is 9.07. The number of nitrogens with zero attached hydrogens (tertiary/aromatic N) is 2. The third-order valence-corrected chi connectivity index (χ3v) is 12.0. The molecule has 0 aliphatic rings. The van der Waals surface area contributed by atoms with E-state index in [1.54, 1.807) is 0 Å². The van der Waals surface area contributed by atoms with Gasteiger partial charge in [0.2, 0.25) is 0 Å². The van der Waals surface area contributed by atoms with Crippen molar-refractivity contribution in [3.63, 3.8) is 0 Å². The van der Waals surface area contributed by atoms with E-state index in [0.29, 0.717) is 5.75 Å². The van der Waals surface area contributed by atoms with Gasteiger partial charge in [0.15, 0.2) is 0 Å². The predicted molar refractivity (Wildman–Crippen MR) is 265 cm³/mol. The molecule has 0 fully saturated rings. The lowest BCUT2D eigenvalue weighted by molar-refractivity contribution is 1.04. The molecule has 0 N–H and O–H groups in total. The number of anilines is 3. The molecule has 2 nitrogen and oxygen atoms in total. The summed E-state index contributed by atoms with van der Waals surface area (Å²) in [5.41, 5.74) is 17.4.